The second-order valence-electron chi connectivity index (χ2n) is 6.94. The topological polar surface area (TPSA) is 89.7 Å². The first-order valence-corrected chi connectivity index (χ1v) is 12.2. The van der Waals surface area contributed by atoms with E-state index in [4.69, 9.17) is 9.72 Å². The maximum Gasteiger partial charge on any atom is 0.275 e. The van der Waals surface area contributed by atoms with E-state index in [0.29, 0.717) is 17.0 Å². The number of anilines is 1. The minimum Gasteiger partial charge on any atom is -0.497 e. The van der Waals surface area contributed by atoms with Crippen LogP contribution in [-0.2, 0) is 10.0 Å². The molecule has 0 radical (unpaired) electrons. The number of sulfonamides is 1. The molecule has 8 nitrogen and oxygen atoms in total. The summed E-state index contributed by atoms with van der Waals surface area (Å²) in [7, 11) is -2.18. The molecular formula is C22H19N5O3S2. The highest BCUT2D eigenvalue weighted by molar-refractivity contribution is 7.94. The van der Waals surface area contributed by atoms with Gasteiger partial charge < -0.3 is 4.74 Å². The number of aromatic nitrogens is 4. The number of fused-ring (bicyclic) bond motifs is 3. The molecule has 0 amide bonds. The Labute approximate surface area is 188 Å². The molecule has 0 bridgehead atoms. The number of benzene rings is 2. The fourth-order valence-corrected chi connectivity index (χ4v) is 6.15. The number of thiophene rings is 1. The van der Waals surface area contributed by atoms with E-state index in [9.17, 15) is 8.42 Å². The standard InChI is InChI=1S/C22H19N5O3S2/c1-3-26(32(28,29)19-9-6-14-31-19)21-22-25-24-20(15-10-12-16(30-2)13-11-15)27(22)18-8-5-4-7-17(18)23-21/h4-14H,3H2,1-2H3. The summed E-state index contributed by atoms with van der Waals surface area (Å²) in [6, 6.07) is 18.3. The van der Waals surface area contributed by atoms with Crippen molar-refractivity contribution in [2.45, 2.75) is 11.1 Å². The molecular weight excluding hydrogens is 446 g/mol. The predicted octanol–water partition coefficient (Wildman–Crippen LogP) is 4.23. The highest BCUT2D eigenvalue weighted by Crippen LogP contribution is 2.32. The summed E-state index contributed by atoms with van der Waals surface area (Å²) in [5, 5.41) is 10.5. The van der Waals surface area contributed by atoms with Crippen molar-refractivity contribution in [2.75, 3.05) is 18.0 Å². The molecule has 0 N–H and O–H groups in total. The summed E-state index contributed by atoms with van der Waals surface area (Å²) in [4.78, 5) is 4.69. The van der Waals surface area contributed by atoms with Crippen molar-refractivity contribution in [3.05, 3.63) is 66.0 Å². The molecule has 0 aliphatic heterocycles. The summed E-state index contributed by atoms with van der Waals surface area (Å²) in [5.74, 6) is 1.56. The van der Waals surface area contributed by atoms with Crippen LogP contribution in [0, 0.1) is 0 Å². The van der Waals surface area contributed by atoms with Crippen molar-refractivity contribution in [1.29, 1.82) is 0 Å². The first-order chi connectivity index (χ1) is 15.5. The van der Waals surface area contributed by atoms with Crippen molar-refractivity contribution in [3.63, 3.8) is 0 Å². The fraction of sp³-hybridized carbons (Fsp3) is 0.136. The molecule has 0 atom stereocenters. The number of rotatable bonds is 6. The van der Waals surface area contributed by atoms with Crippen LogP contribution in [0.5, 0.6) is 5.75 Å². The largest absolute Gasteiger partial charge is 0.497 e. The first kappa shape index (κ1) is 20.4. The maximum atomic E-state index is 13.4. The van der Waals surface area contributed by atoms with Gasteiger partial charge in [0.05, 0.1) is 18.1 Å². The van der Waals surface area contributed by atoms with Gasteiger partial charge in [-0.1, -0.05) is 18.2 Å². The van der Waals surface area contributed by atoms with E-state index in [1.165, 1.54) is 15.6 Å². The molecule has 0 spiro atoms. The number of nitrogens with zero attached hydrogens (tertiary/aromatic N) is 5. The van der Waals surface area contributed by atoms with Crippen LogP contribution in [0.15, 0.2) is 70.3 Å². The zero-order chi connectivity index (χ0) is 22.3. The molecule has 0 aliphatic rings. The van der Waals surface area contributed by atoms with E-state index in [1.807, 2.05) is 52.9 Å². The second-order valence-corrected chi connectivity index (χ2v) is 9.97. The maximum absolute atomic E-state index is 13.4. The van der Waals surface area contributed by atoms with Gasteiger partial charge in [0.2, 0.25) is 5.65 Å². The molecule has 0 fully saturated rings. The minimum atomic E-state index is -3.79. The van der Waals surface area contributed by atoms with Crippen LogP contribution >= 0.6 is 11.3 Å². The van der Waals surface area contributed by atoms with Crippen LogP contribution in [0.1, 0.15) is 6.92 Å². The lowest BCUT2D eigenvalue weighted by Gasteiger charge is -2.21. The van der Waals surface area contributed by atoms with Crippen molar-refractivity contribution in [2.24, 2.45) is 0 Å². The number of hydrogen-bond acceptors (Lipinski definition) is 7. The Balaban J connectivity index is 1.79. The quantitative estimate of drug-likeness (QED) is 0.373. The van der Waals surface area contributed by atoms with Gasteiger partial charge in [0.25, 0.3) is 10.0 Å². The third-order valence-corrected chi connectivity index (χ3v) is 8.36. The fourth-order valence-electron chi connectivity index (χ4n) is 3.62. The SMILES string of the molecule is CCN(c1nc2ccccc2n2c(-c3ccc(OC)cc3)nnc12)S(=O)(=O)c1cccs1. The molecule has 3 aromatic heterocycles. The molecule has 3 heterocycles. The predicted molar refractivity (Wildman–Crippen MR) is 125 cm³/mol. The lowest BCUT2D eigenvalue weighted by atomic mass is 10.2. The molecule has 5 rings (SSSR count). The Bertz CT molecular complexity index is 1510. The monoisotopic (exact) mass is 465 g/mol. The van der Waals surface area contributed by atoms with Crippen molar-refractivity contribution in [3.8, 4) is 17.1 Å². The lowest BCUT2D eigenvalue weighted by Crippen LogP contribution is -2.31. The molecule has 0 unspecified atom stereocenters. The number of ether oxygens (including phenoxy) is 1. The van der Waals surface area contributed by atoms with E-state index in [1.54, 1.807) is 31.5 Å². The van der Waals surface area contributed by atoms with E-state index in [0.717, 1.165) is 16.8 Å². The average molecular weight is 466 g/mol. The van der Waals surface area contributed by atoms with Crippen molar-refractivity contribution in [1.82, 2.24) is 19.6 Å². The average Bonchev–Trinajstić information content (AvgIpc) is 3.51. The number of hydrogen-bond donors (Lipinski definition) is 0. The molecule has 0 saturated carbocycles. The van der Waals surface area contributed by atoms with Gasteiger partial charge in [-0.25, -0.2) is 17.7 Å². The Morgan fingerprint density at radius 2 is 1.81 bits per heavy atom. The van der Waals surface area contributed by atoms with E-state index >= 15 is 0 Å². The van der Waals surface area contributed by atoms with Gasteiger partial charge in [-0.3, -0.25) is 4.40 Å². The Morgan fingerprint density at radius 1 is 1.03 bits per heavy atom. The van der Waals surface area contributed by atoms with Gasteiger partial charge >= 0.3 is 0 Å². The van der Waals surface area contributed by atoms with Gasteiger partial charge in [-0.2, -0.15) is 0 Å². The first-order valence-electron chi connectivity index (χ1n) is 9.89. The van der Waals surface area contributed by atoms with Gasteiger partial charge in [0, 0.05) is 12.1 Å². The third kappa shape index (κ3) is 3.19. The zero-order valence-electron chi connectivity index (χ0n) is 17.3. The third-order valence-electron chi connectivity index (χ3n) is 5.12. The normalized spacial score (nSPS) is 11.8. The summed E-state index contributed by atoms with van der Waals surface area (Å²) in [6.07, 6.45) is 0. The van der Waals surface area contributed by atoms with E-state index in [-0.39, 0.29) is 16.6 Å². The number of methoxy groups -OCH3 is 1. The second kappa shape index (κ2) is 7.88. The van der Waals surface area contributed by atoms with Crippen LogP contribution in [-0.4, -0.2) is 41.7 Å². The molecule has 0 saturated heterocycles. The molecule has 10 heteroatoms. The lowest BCUT2D eigenvalue weighted by molar-refractivity contribution is 0.415. The summed E-state index contributed by atoms with van der Waals surface area (Å²) >= 11 is 1.17. The smallest absolute Gasteiger partial charge is 0.275 e. The van der Waals surface area contributed by atoms with Gasteiger partial charge in [0.1, 0.15) is 9.96 Å². The van der Waals surface area contributed by atoms with Gasteiger partial charge in [0.15, 0.2) is 11.6 Å². The highest BCUT2D eigenvalue weighted by Gasteiger charge is 2.29. The highest BCUT2D eigenvalue weighted by atomic mass is 32.2. The summed E-state index contributed by atoms with van der Waals surface area (Å²) in [6.45, 7) is 1.98. The van der Waals surface area contributed by atoms with Crippen LogP contribution in [0.4, 0.5) is 5.82 Å². The Hall–Kier alpha value is -3.50. The number of para-hydroxylation sites is 2. The zero-order valence-corrected chi connectivity index (χ0v) is 19.0. The van der Waals surface area contributed by atoms with Crippen LogP contribution < -0.4 is 9.04 Å². The van der Waals surface area contributed by atoms with Gasteiger partial charge in [-0.15, -0.1) is 21.5 Å². The summed E-state index contributed by atoms with van der Waals surface area (Å²) in [5.41, 5.74) is 2.62. The van der Waals surface area contributed by atoms with Crippen LogP contribution in [0.2, 0.25) is 0 Å². The van der Waals surface area contributed by atoms with Crippen molar-refractivity contribution < 1.29 is 13.2 Å². The summed E-state index contributed by atoms with van der Waals surface area (Å²) < 4.78 is 35.4. The minimum absolute atomic E-state index is 0.200. The van der Waals surface area contributed by atoms with E-state index < -0.39 is 10.0 Å². The Morgan fingerprint density at radius 3 is 2.50 bits per heavy atom. The van der Waals surface area contributed by atoms with E-state index in [2.05, 4.69) is 10.2 Å². The molecule has 32 heavy (non-hydrogen) atoms. The van der Waals surface area contributed by atoms with Crippen LogP contribution in [0.25, 0.3) is 28.1 Å². The van der Waals surface area contributed by atoms with Crippen molar-refractivity contribution >= 4 is 43.9 Å². The van der Waals surface area contributed by atoms with Gasteiger partial charge in [-0.05, 0) is 54.8 Å². The molecule has 2 aromatic carbocycles. The van der Waals surface area contributed by atoms with Crippen LogP contribution in [0.3, 0.4) is 0 Å². The molecule has 0 aliphatic carbocycles. The Kier molecular flexibility index (Phi) is 5.03. The molecule has 162 valence electrons. The molecule has 5 aromatic rings.